The van der Waals surface area contributed by atoms with E-state index < -0.39 is 35.8 Å². The van der Waals surface area contributed by atoms with Crippen LogP contribution in [0.5, 0.6) is 0 Å². The number of piperidine rings is 1. The van der Waals surface area contributed by atoms with E-state index in [0.717, 1.165) is 4.90 Å². The Bertz CT molecular complexity index is 2190. The molecule has 3 N–H and O–H groups in total. The number of alkyl carbamates (subject to hydrolysis) is 1. The molecule has 5 amide bonds. The van der Waals surface area contributed by atoms with Crippen LogP contribution in [0.3, 0.4) is 0 Å². The molecular weight excluding hydrogens is 1000 g/mol. The summed E-state index contributed by atoms with van der Waals surface area (Å²) < 4.78 is 72.1. The zero-order chi connectivity index (χ0) is 54.0. The average molecular weight is 1080 g/mol. The quantitative estimate of drug-likeness (QED) is 0.0541. The molecule has 6 rings (SSSR count). The van der Waals surface area contributed by atoms with Crippen LogP contribution >= 0.6 is 0 Å². The average Bonchev–Trinajstić information content (AvgIpc) is 3.93. The summed E-state index contributed by atoms with van der Waals surface area (Å²) in [5, 5.41) is 8.14. The number of anilines is 1. The number of fused-ring (bicyclic) bond motifs is 4. The van der Waals surface area contributed by atoms with E-state index in [1.54, 1.807) is 18.2 Å². The first kappa shape index (κ1) is 60.8. The lowest BCUT2D eigenvalue weighted by Gasteiger charge is -2.27. The molecule has 3 aromatic carbocycles. The molecule has 3 aromatic rings. The molecule has 424 valence electrons. The maximum absolute atomic E-state index is 13.2. The van der Waals surface area contributed by atoms with Crippen LogP contribution < -0.4 is 16.0 Å². The molecule has 0 spiro atoms. The van der Waals surface area contributed by atoms with Gasteiger partial charge in [-0.25, -0.2) is 4.79 Å². The number of hydrogen-bond donors (Lipinski definition) is 3. The van der Waals surface area contributed by atoms with Crippen molar-refractivity contribution in [2.75, 3.05) is 184 Å². The predicted octanol–water partition coefficient (Wildman–Crippen LogP) is 3.63. The summed E-state index contributed by atoms with van der Waals surface area (Å²) in [7, 11) is 0. The van der Waals surface area contributed by atoms with Crippen LogP contribution in [0.25, 0.3) is 11.1 Å². The molecule has 1 saturated heterocycles. The Kier molecular flexibility index (Phi) is 28.9. The van der Waals surface area contributed by atoms with E-state index in [4.69, 9.17) is 61.6 Å². The largest absolute Gasteiger partial charge is 0.449 e. The minimum absolute atomic E-state index is 0.0370. The summed E-state index contributed by atoms with van der Waals surface area (Å²) in [6.45, 7) is 11.8. The van der Waals surface area contributed by atoms with Gasteiger partial charge < -0.3 is 72.2 Å². The van der Waals surface area contributed by atoms with E-state index in [1.807, 2.05) is 24.3 Å². The van der Waals surface area contributed by atoms with Gasteiger partial charge in [0.2, 0.25) is 11.8 Å². The molecule has 3 aliphatic rings. The Morgan fingerprint density at radius 1 is 0.481 bits per heavy atom. The second-order valence-corrected chi connectivity index (χ2v) is 17.6. The van der Waals surface area contributed by atoms with Gasteiger partial charge in [-0.05, 0) is 47.2 Å². The van der Waals surface area contributed by atoms with Crippen LogP contribution in [0, 0.1) is 0 Å². The summed E-state index contributed by atoms with van der Waals surface area (Å²) in [4.78, 5) is 63.3. The number of rotatable bonds is 44. The van der Waals surface area contributed by atoms with Crippen LogP contribution in [0.2, 0.25) is 0 Å². The molecule has 2 aliphatic heterocycles. The third kappa shape index (κ3) is 21.4. The highest BCUT2D eigenvalue weighted by Crippen LogP contribution is 2.44. The van der Waals surface area contributed by atoms with E-state index in [1.165, 1.54) is 22.3 Å². The zero-order valence-corrected chi connectivity index (χ0v) is 44.0. The summed E-state index contributed by atoms with van der Waals surface area (Å²) in [6.07, 6.45) is 0.403. The summed E-state index contributed by atoms with van der Waals surface area (Å²) in [6, 6.07) is 20.4. The van der Waals surface area contributed by atoms with Gasteiger partial charge in [0, 0.05) is 37.7 Å². The van der Waals surface area contributed by atoms with E-state index in [-0.39, 0.29) is 29.9 Å². The van der Waals surface area contributed by atoms with Crippen LogP contribution in [-0.4, -0.2) is 219 Å². The number of nitrogens with one attached hydrogen (secondary N) is 3. The van der Waals surface area contributed by atoms with Gasteiger partial charge in [-0.2, -0.15) is 0 Å². The fourth-order valence-corrected chi connectivity index (χ4v) is 8.46. The third-order valence-electron chi connectivity index (χ3n) is 12.2. The maximum Gasteiger partial charge on any atom is 0.407 e. The number of nitrogens with zero attached hydrogens (tertiary/aromatic N) is 1. The van der Waals surface area contributed by atoms with Crippen molar-refractivity contribution in [3.8, 4) is 11.1 Å². The van der Waals surface area contributed by atoms with Crippen LogP contribution in [0.4, 0.5) is 10.5 Å². The second kappa shape index (κ2) is 36.6. The Labute approximate surface area is 450 Å². The summed E-state index contributed by atoms with van der Waals surface area (Å²) in [5.74, 6) is -2.15. The van der Waals surface area contributed by atoms with Crippen LogP contribution in [-0.2, 0) is 71.2 Å². The van der Waals surface area contributed by atoms with E-state index in [0.29, 0.717) is 190 Å². The first-order chi connectivity index (χ1) is 37.9. The molecule has 0 radical (unpaired) electrons. The molecule has 0 bridgehead atoms. The molecule has 1 aliphatic carbocycles. The third-order valence-corrected chi connectivity index (χ3v) is 12.2. The Balaban J connectivity index is 0.585. The Morgan fingerprint density at radius 3 is 1.35 bits per heavy atom. The number of carbonyl (C=O) groups excluding carboxylic acids is 5. The van der Waals surface area contributed by atoms with Gasteiger partial charge in [0.05, 0.1) is 163 Å². The predicted molar refractivity (Wildman–Crippen MR) is 279 cm³/mol. The molecule has 22 heteroatoms. The minimum Gasteiger partial charge on any atom is -0.449 e. The smallest absolute Gasteiger partial charge is 0.407 e. The molecule has 22 nitrogen and oxygen atoms in total. The van der Waals surface area contributed by atoms with Crippen molar-refractivity contribution in [2.45, 2.75) is 31.2 Å². The highest BCUT2D eigenvalue weighted by molar-refractivity contribution is 6.25. The van der Waals surface area contributed by atoms with Crippen LogP contribution in [0.15, 0.2) is 66.7 Å². The first-order valence-electron chi connectivity index (χ1n) is 26.5. The van der Waals surface area contributed by atoms with Crippen molar-refractivity contribution >= 4 is 35.4 Å². The van der Waals surface area contributed by atoms with Gasteiger partial charge in [-0.3, -0.25) is 29.4 Å². The van der Waals surface area contributed by atoms with Crippen molar-refractivity contribution in [2.24, 2.45) is 0 Å². The maximum atomic E-state index is 13.2. The lowest BCUT2D eigenvalue weighted by atomic mass is 9.98. The molecule has 0 aromatic heterocycles. The fraction of sp³-hybridized carbons (Fsp3) is 0.582. The molecule has 1 unspecified atom stereocenters. The van der Waals surface area contributed by atoms with Crippen molar-refractivity contribution < 1.29 is 85.6 Å². The molecule has 77 heavy (non-hydrogen) atoms. The Hall–Kier alpha value is -5.47. The number of imide groups is 2. The van der Waals surface area contributed by atoms with E-state index in [9.17, 15) is 24.0 Å². The minimum atomic E-state index is -1.02. The van der Waals surface area contributed by atoms with Gasteiger partial charge in [-0.1, -0.05) is 54.6 Å². The van der Waals surface area contributed by atoms with E-state index in [2.05, 4.69) is 40.2 Å². The lowest BCUT2D eigenvalue weighted by Crippen LogP contribution is -2.54. The molecule has 1 atom stereocenters. The van der Waals surface area contributed by atoms with Gasteiger partial charge >= 0.3 is 6.09 Å². The summed E-state index contributed by atoms with van der Waals surface area (Å²) in [5.41, 5.74) is 5.66. The molecule has 2 heterocycles. The molecular formula is C55H76N4O18. The van der Waals surface area contributed by atoms with Gasteiger partial charge in [0.25, 0.3) is 11.8 Å². The number of ether oxygens (including phenoxy) is 13. The zero-order valence-electron chi connectivity index (χ0n) is 44.0. The molecule has 1 fully saturated rings. The summed E-state index contributed by atoms with van der Waals surface area (Å²) >= 11 is 0. The standard InChI is InChI=1S/C55H76N4O18/c60-50-14-13-49(52(61)58-50)59-53(62)46-11-5-12-48(51(46)54(59)63)56-16-18-66-20-22-68-24-26-70-28-30-72-32-34-74-36-38-76-40-39-75-37-35-73-33-31-71-29-27-69-25-23-67-21-19-65-17-6-15-57-55(64)77-41-47-44-9-3-1-7-42(44)43-8-2-4-10-45(43)47/h1-5,7-12,47,49,56H,6,13-41H2,(H,57,64)(H,58,60,61). The van der Waals surface area contributed by atoms with Crippen LogP contribution in [0.1, 0.15) is 57.0 Å². The number of benzene rings is 3. The second-order valence-electron chi connectivity index (χ2n) is 17.6. The lowest BCUT2D eigenvalue weighted by molar-refractivity contribution is -0.136. The number of amides is 5. The monoisotopic (exact) mass is 1080 g/mol. The number of hydrogen-bond acceptors (Lipinski definition) is 19. The van der Waals surface area contributed by atoms with Crippen molar-refractivity contribution in [1.29, 1.82) is 0 Å². The van der Waals surface area contributed by atoms with Gasteiger partial charge in [0.1, 0.15) is 12.6 Å². The van der Waals surface area contributed by atoms with Crippen molar-refractivity contribution in [1.82, 2.24) is 15.5 Å². The van der Waals surface area contributed by atoms with Gasteiger partial charge in [-0.15, -0.1) is 0 Å². The van der Waals surface area contributed by atoms with Crippen molar-refractivity contribution in [3.63, 3.8) is 0 Å². The highest BCUT2D eigenvalue weighted by atomic mass is 16.6. The number of carbonyl (C=O) groups is 5. The van der Waals surface area contributed by atoms with Gasteiger partial charge in [0.15, 0.2) is 0 Å². The topological polar surface area (TPSA) is 245 Å². The highest BCUT2D eigenvalue weighted by Gasteiger charge is 2.45. The SMILES string of the molecule is O=C1CCC(N2C(=O)c3cccc(NCCOCCOCCOCCOCCOCCOCCOCCOCCOCCOCCOCCOCCCNC(=O)OCC4c5ccccc5-c5ccccc54)c3C2=O)C(=O)N1. The molecule has 0 saturated carbocycles. The normalized spacial score (nSPS) is 15.0. The van der Waals surface area contributed by atoms with E-state index >= 15 is 0 Å². The fourth-order valence-electron chi connectivity index (χ4n) is 8.46. The first-order valence-corrected chi connectivity index (χ1v) is 26.5. The Morgan fingerprint density at radius 2 is 0.896 bits per heavy atom. The van der Waals surface area contributed by atoms with Crippen molar-refractivity contribution in [3.05, 3.63) is 89.0 Å².